The molecule has 0 aliphatic carbocycles. The van der Waals surface area contributed by atoms with E-state index >= 15 is 0 Å². The lowest BCUT2D eigenvalue weighted by Crippen LogP contribution is -2.10. The lowest BCUT2D eigenvalue weighted by atomic mass is 10.1. The minimum absolute atomic E-state index is 0.117. The molecule has 0 aromatic carbocycles. The van der Waals surface area contributed by atoms with Crippen LogP contribution in [-0.2, 0) is 12.6 Å². The van der Waals surface area contributed by atoms with Gasteiger partial charge in [-0.2, -0.15) is 13.2 Å². The van der Waals surface area contributed by atoms with Gasteiger partial charge >= 0.3 is 6.18 Å². The van der Waals surface area contributed by atoms with Crippen LogP contribution >= 0.6 is 11.6 Å². The van der Waals surface area contributed by atoms with E-state index in [2.05, 4.69) is 15.0 Å². The Labute approximate surface area is 163 Å². The molecule has 144 valence electrons. The van der Waals surface area contributed by atoms with Crippen molar-refractivity contribution < 1.29 is 22.7 Å². The molecule has 3 heterocycles. The standard InChI is InChI=1S/C19H13ClF3N3O2/c1-11-4-15(28-16-5-13(20)9-24-10-16)7-17(26-11)18(27)6-14-3-2-12(8-25-14)19(21,22)23/h2-5,7-10H,6H2,1H3. The summed E-state index contributed by atoms with van der Waals surface area (Å²) in [7, 11) is 0. The first-order valence-corrected chi connectivity index (χ1v) is 8.41. The van der Waals surface area contributed by atoms with Crippen LogP contribution in [0.3, 0.4) is 0 Å². The molecule has 0 amide bonds. The first-order chi connectivity index (χ1) is 13.2. The van der Waals surface area contributed by atoms with E-state index < -0.39 is 17.5 Å². The average Bonchev–Trinajstić information content (AvgIpc) is 2.61. The summed E-state index contributed by atoms with van der Waals surface area (Å²) in [6.45, 7) is 1.69. The molecule has 9 heteroatoms. The Hall–Kier alpha value is -3.00. The third-order valence-electron chi connectivity index (χ3n) is 3.62. The molecule has 0 bridgehead atoms. The average molecular weight is 408 g/mol. The van der Waals surface area contributed by atoms with Crippen molar-refractivity contribution >= 4 is 17.4 Å². The van der Waals surface area contributed by atoms with Crippen molar-refractivity contribution in [3.8, 4) is 11.5 Å². The number of carbonyl (C=O) groups is 1. The summed E-state index contributed by atoms with van der Waals surface area (Å²) in [6.07, 6.45) is -1.04. The molecule has 0 saturated carbocycles. The van der Waals surface area contributed by atoms with Gasteiger partial charge in [-0.3, -0.25) is 14.8 Å². The third-order valence-corrected chi connectivity index (χ3v) is 3.83. The van der Waals surface area contributed by atoms with Crippen LogP contribution in [0.2, 0.25) is 5.02 Å². The molecule has 0 N–H and O–H groups in total. The first-order valence-electron chi connectivity index (χ1n) is 8.03. The minimum Gasteiger partial charge on any atom is -0.456 e. The lowest BCUT2D eigenvalue weighted by Gasteiger charge is -2.09. The maximum Gasteiger partial charge on any atom is 0.417 e. The van der Waals surface area contributed by atoms with Gasteiger partial charge in [-0.1, -0.05) is 11.6 Å². The second kappa shape index (κ2) is 7.93. The Balaban J connectivity index is 1.77. The van der Waals surface area contributed by atoms with Crippen LogP contribution in [0, 0.1) is 6.92 Å². The number of ether oxygens (including phenoxy) is 1. The quantitative estimate of drug-likeness (QED) is 0.552. The molecular formula is C19H13ClF3N3O2. The number of Topliss-reactive ketones (excluding diaryl/α,β-unsaturated/α-hetero) is 1. The van der Waals surface area contributed by atoms with Crippen LogP contribution < -0.4 is 4.74 Å². The van der Waals surface area contributed by atoms with Gasteiger partial charge in [0.25, 0.3) is 0 Å². The number of ketones is 1. The molecule has 0 aliphatic heterocycles. The van der Waals surface area contributed by atoms with E-state index in [0.29, 0.717) is 28.4 Å². The van der Waals surface area contributed by atoms with E-state index in [1.54, 1.807) is 19.1 Å². The third kappa shape index (κ3) is 5.04. The summed E-state index contributed by atoms with van der Waals surface area (Å²) >= 11 is 5.87. The topological polar surface area (TPSA) is 65.0 Å². The number of rotatable bonds is 5. The number of carbonyl (C=O) groups excluding carboxylic acids is 1. The maximum absolute atomic E-state index is 12.6. The van der Waals surface area contributed by atoms with Gasteiger partial charge in [0.1, 0.15) is 17.2 Å². The number of hydrogen-bond donors (Lipinski definition) is 0. The molecule has 0 aliphatic rings. The molecule has 0 spiro atoms. The van der Waals surface area contributed by atoms with Crippen LogP contribution in [0.25, 0.3) is 0 Å². The van der Waals surface area contributed by atoms with Gasteiger partial charge in [-0.05, 0) is 19.1 Å². The molecule has 3 rings (SSSR count). The van der Waals surface area contributed by atoms with Crippen molar-refractivity contribution in [3.05, 3.63) is 76.6 Å². The van der Waals surface area contributed by atoms with Crippen molar-refractivity contribution in [3.63, 3.8) is 0 Å². The summed E-state index contributed by atoms with van der Waals surface area (Å²) in [5.41, 5.74) is -0.00564. The summed E-state index contributed by atoms with van der Waals surface area (Å²) in [6, 6.07) is 6.71. The van der Waals surface area contributed by atoms with Gasteiger partial charge in [0.15, 0.2) is 5.78 Å². The molecule has 3 aromatic rings. The Morgan fingerprint density at radius 2 is 1.89 bits per heavy atom. The van der Waals surface area contributed by atoms with Crippen molar-refractivity contribution in [2.24, 2.45) is 0 Å². The number of hydrogen-bond acceptors (Lipinski definition) is 5. The van der Waals surface area contributed by atoms with Gasteiger partial charge < -0.3 is 4.74 Å². The van der Waals surface area contributed by atoms with Crippen LogP contribution in [0.4, 0.5) is 13.2 Å². The maximum atomic E-state index is 12.6. The van der Waals surface area contributed by atoms with Gasteiger partial charge in [0.2, 0.25) is 0 Å². The molecule has 0 radical (unpaired) electrons. The number of pyridine rings is 3. The van der Waals surface area contributed by atoms with E-state index in [9.17, 15) is 18.0 Å². The van der Waals surface area contributed by atoms with Gasteiger partial charge in [0, 0.05) is 42.0 Å². The van der Waals surface area contributed by atoms with Crippen LogP contribution in [-0.4, -0.2) is 20.7 Å². The fraction of sp³-hybridized carbons (Fsp3) is 0.158. The molecule has 0 fully saturated rings. The zero-order valence-corrected chi connectivity index (χ0v) is 15.3. The molecule has 5 nitrogen and oxygen atoms in total. The zero-order valence-electron chi connectivity index (χ0n) is 14.5. The molecule has 0 unspecified atom stereocenters. The fourth-order valence-corrected chi connectivity index (χ4v) is 2.54. The van der Waals surface area contributed by atoms with E-state index in [1.807, 2.05) is 0 Å². The lowest BCUT2D eigenvalue weighted by molar-refractivity contribution is -0.137. The summed E-state index contributed by atoms with van der Waals surface area (Å²) in [5.74, 6) is 0.353. The summed E-state index contributed by atoms with van der Waals surface area (Å²) < 4.78 is 43.4. The van der Waals surface area contributed by atoms with Crippen LogP contribution in [0.15, 0.2) is 48.9 Å². The highest BCUT2D eigenvalue weighted by Crippen LogP contribution is 2.28. The van der Waals surface area contributed by atoms with E-state index in [1.165, 1.54) is 24.5 Å². The number of alkyl halides is 3. The van der Waals surface area contributed by atoms with E-state index in [4.69, 9.17) is 16.3 Å². The van der Waals surface area contributed by atoms with Gasteiger partial charge in [0.05, 0.1) is 23.2 Å². The fourth-order valence-electron chi connectivity index (χ4n) is 2.37. The van der Waals surface area contributed by atoms with Crippen molar-refractivity contribution in [1.29, 1.82) is 0 Å². The Kier molecular flexibility index (Phi) is 5.60. The number of aromatic nitrogens is 3. The Morgan fingerprint density at radius 1 is 1.11 bits per heavy atom. The van der Waals surface area contributed by atoms with Gasteiger partial charge in [-0.25, -0.2) is 4.98 Å². The molecule has 28 heavy (non-hydrogen) atoms. The highest BCUT2D eigenvalue weighted by Gasteiger charge is 2.30. The number of nitrogens with zero attached hydrogens (tertiary/aromatic N) is 3. The highest BCUT2D eigenvalue weighted by molar-refractivity contribution is 6.30. The molecule has 0 atom stereocenters. The largest absolute Gasteiger partial charge is 0.456 e. The SMILES string of the molecule is Cc1cc(Oc2cncc(Cl)c2)cc(C(=O)Cc2ccc(C(F)(F)F)cn2)n1. The van der Waals surface area contributed by atoms with Gasteiger partial charge in [-0.15, -0.1) is 0 Å². The molecular weight excluding hydrogens is 395 g/mol. The van der Waals surface area contributed by atoms with Crippen LogP contribution in [0.5, 0.6) is 11.5 Å². The Morgan fingerprint density at radius 3 is 2.54 bits per heavy atom. The number of aryl methyl sites for hydroxylation is 1. The van der Waals surface area contributed by atoms with Crippen LogP contribution in [0.1, 0.15) is 27.4 Å². The second-order valence-corrected chi connectivity index (χ2v) is 6.34. The smallest absolute Gasteiger partial charge is 0.417 e. The van der Waals surface area contributed by atoms with E-state index in [0.717, 1.165) is 6.07 Å². The molecule has 3 aromatic heterocycles. The summed E-state index contributed by atoms with van der Waals surface area (Å²) in [5, 5.41) is 0.396. The normalized spacial score (nSPS) is 11.3. The predicted octanol–water partition coefficient (Wildman–Crippen LogP) is 5.07. The second-order valence-electron chi connectivity index (χ2n) is 5.91. The Bertz CT molecular complexity index is 1010. The van der Waals surface area contributed by atoms with E-state index in [-0.39, 0.29) is 17.8 Å². The summed E-state index contributed by atoms with van der Waals surface area (Å²) in [4.78, 5) is 24.3. The molecule has 0 saturated heterocycles. The van der Waals surface area contributed by atoms with Crippen molar-refractivity contribution in [2.45, 2.75) is 19.5 Å². The number of halogens is 4. The zero-order chi connectivity index (χ0) is 20.3. The predicted molar refractivity (Wildman–Crippen MR) is 95.6 cm³/mol. The van der Waals surface area contributed by atoms with Crippen molar-refractivity contribution in [1.82, 2.24) is 15.0 Å². The minimum atomic E-state index is -4.48. The van der Waals surface area contributed by atoms with Crippen molar-refractivity contribution in [2.75, 3.05) is 0 Å². The highest BCUT2D eigenvalue weighted by atomic mass is 35.5. The first kappa shape index (κ1) is 19.8. The monoisotopic (exact) mass is 407 g/mol.